The van der Waals surface area contributed by atoms with Crippen molar-refractivity contribution in [2.24, 2.45) is 5.92 Å². The van der Waals surface area contributed by atoms with Gasteiger partial charge in [0.05, 0.1) is 17.1 Å². The second-order valence-corrected chi connectivity index (χ2v) is 5.01. The van der Waals surface area contributed by atoms with Crippen molar-refractivity contribution in [3.63, 3.8) is 0 Å². The lowest BCUT2D eigenvalue weighted by Gasteiger charge is -2.09. The fourth-order valence-electron chi connectivity index (χ4n) is 1.98. The van der Waals surface area contributed by atoms with Gasteiger partial charge in [0.2, 0.25) is 5.91 Å². The van der Waals surface area contributed by atoms with Gasteiger partial charge in [-0.3, -0.25) is 9.48 Å². The van der Waals surface area contributed by atoms with Crippen LogP contribution in [0.15, 0.2) is 0 Å². The molecule has 1 aromatic heterocycles. The Hall–Kier alpha value is -1.53. The van der Waals surface area contributed by atoms with Crippen LogP contribution in [0.2, 0.25) is 0 Å². The third-order valence-electron chi connectivity index (χ3n) is 3.15. The van der Waals surface area contributed by atoms with E-state index in [-0.39, 0.29) is 5.91 Å². The number of carbonyl (C=O) groups excluding carboxylic acids is 1. The molecule has 1 N–H and O–H groups in total. The Labute approximate surface area is 109 Å². The summed E-state index contributed by atoms with van der Waals surface area (Å²) in [5.41, 5.74) is 1.14. The average molecular weight is 275 g/mol. The van der Waals surface area contributed by atoms with Crippen LogP contribution in [0, 0.1) is 19.8 Å². The Morgan fingerprint density at radius 3 is 2.58 bits per heavy atom. The number of alkyl halides is 3. The third-order valence-corrected chi connectivity index (χ3v) is 3.15. The van der Waals surface area contributed by atoms with Gasteiger partial charge in [-0.05, 0) is 32.6 Å². The fourth-order valence-corrected chi connectivity index (χ4v) is 1.98. The molecule has 0 atom stereocenters. The zero-order chi connectivity index (χ0) is 14.2. The third kappa shape index (κ3) is 3.71. The highest BCUT2D eigenvalue weighted by atomic mass is 19.4. The minimum atomic E-state index is -4.32. The number of nitrogens with one attached hydrogen (secondary N) is 1. The Balaban J connectivity index is 2.09. The molecule has 1 saturated carbocycles. The summed E-state index contributed by atoms with van der Waals surface area (Å²) in [6, 6.07) is 0. The maximum absolute atomic E-state index is 12.4. The predicted octanol–water partition coefficient (Wildman–Crippen LogP) is 2.80. The van der Waals surface area contributed by atoms with E-state index in [1.165, 1.54) is 6.92 Å². The van der Waals surface area contributed by atoms with E-state index < -0.39 is 12.7 Å². The van der Waals surface area contributed by atoms with Crippen molar-refractivity contribution in [3.8, 4) is 0 Å². The Morgan fingerprint density at radius 2 is 2.05 bits per heavy atom. The highest BCUT2D eigenvalue weighted by molar-refractivity contribution is 5.92. The smallest absolute Gasteiger partial charge is 0.323 e. The van der Waals surface area contributed by atoms with E-state index in [1.807, 2.05) is 0 Å². The molecule has 0 aromatic carbocycles. The molecular formula is C12H16F3N3O. The highest BCUT2D eigenvalue weighted by Gasteiger charge is 2.30. The molecule has 0 bridgehead atoms. The lowest BCUT2D eigenvalue weighted by atomic mass is 10.2. The number of anilines is 1. The maximum Gasteiger partial charge on any atom is 0.408 e. The number of aryl methyl sites for hydroxylation is 1. The minimum absolute atomic E-state index is 0.153. The summed E-state index contributed by atoms with van der Waals surface area (Å²) in [6.07, 6.45) is -1.78. The molecule has 106 valence electrons. The zero-order valence-electron chi connectivity index (χ0n) is 10.8. The minimum Gasteiger partial charge on any atom is -0.323 e. The molecule has 1 heterocycles. The molecular weight excluding hydrogens is 259 g/mol. The van der Waals surface area contributed by atoms with Gasteiger partial charge >= 0.3 is 6.18 Å². The number of hydrogen-bond donors (Lipinski definition) is 1. The van der Waals surface area contributed by atoms with Gasteiger partial charge in [-0.2, -0.15) is 18.3 Å². The number of aromatic nitrogens is 2. The second-order valence-electron chi connectivity index (χ2n) is 5.01. The topological polar surface area (TPSA) is 46.9 Å². The van der Waals surface area contributed by atoms with E-state index >= 15 is 0 Å². The van der Waals surface area contributed by atoms with Gasteiger partial charge in [-0.15, -0.1) is 0 Å². The molecule has 4 nitrogen and oxygen atoms in total. The summed E-state index contributed by atoms with van der Waals surface area (Å²) < 4.78 is 37.9. The average Bonchev–Trinajstić information content (AvgIpc) is 3.01. The van der Waals surface area contributed by atoms with Crippen LogP contribution in [0.1, 0.15) is 30.7 Å². The first-order chi connectivity index (χ1) is 8.76. The van der Waals surface area contributed by atoms with Crippen LogP contribution >= 0.6 is 0 Å². The summed E-state index contributed by atoms with van der Waals surface area (Å²) in [7, 11) is 0. The highest BCUT2D eigenvalue weighted by Crippen LogP contribution is 2.33. The lowest BCUT2D eigenvalue weighted by molar-refractivity contribution is -0.142. The van der Waals surface area contributed by atoms with Crippen molar-refractivity contribution < 1.29 is 18.0 Å². The van der Waals surface area contributed by atoms with Crippen molar-refractivity contribution >= 4 is 11.6 Å². The number of amides is 1. The first-order valence-corrected chi connectivity index (χ1v) is 6.17. The van der Waals surface area contributed by atoms with Crippen LogP contribution in [0.3, 0.4) is 0 Å². The standard InChI is InChI=1S/C12H16F3N3O/c1-7-11(16-10(19)5-9-3-4-9)8(2)18(17-7)6-12(13,14)15/h9H,3-6H2,1-2H3,(H,16,19). The van der Waals surface area contributed by atoms with E-state index in [9.17, 15) is 18.0 Å². The van der Waals surface area contributed by atoms with Crippen LogP contribution in [-0.2, 0) is 11.3 Å². The lowest BCUT2D eigenvalue weighted by Crippen LogP contribution is -2.20. The fraction of sp³-hybridized carbons (Fsp3) is 0.667. The molecule has 1 aliphatic carbocycles. The zero-order valence-corrected chi connectivity index (χ0v) is 10.8. The first-order valence-electron chi connectivity index (χ1n) is 6.17. The molecule has 0 aliphatic heterocycles. The van der Waals surface area contributed by atoms with Crippen molar-refractivity contribution in [1.82, 2.24) is 9.78 Å². The first kappa shape index (κ1) is 13.9. The number of rotatable bonds is 4. The van der Waals surface area contributed by atoms with Gasteiger partial charge in [0.15, 0.2) is 0 Å². The van der Waals surface area contributed by atoms with Crippen molar-refractivity contribution in [3.05, 3.63) is 11.4 Å². The van der Waals surface area contributed by atoms with Crippen LogP contribution in [0.25, 0.3) is 0 Å². The molecule has 7 heteroatoms. The van der Waals surface area contributed by atoms with Crippen molar-refractivity contribution in [2.45, 2.75) is 45.8 Å². The molecule has 0 spiro atoms. The van der Waals surface area contributed by atoms with Crippen LogP contribution in [-0.4, -0.2) is 21.9 Å². The molecule has 1 amide bonds. The van der Waals surface area contributed by atoms with Gasteiger partial charge in [-0.1, -0.05) is 0 Å². The van der Waals surface area contributed by atoms with Crippen LogP contribution in [0.4, 0.5) is 18.9 Å². The maximum atomic E-state index is 12.4. The number of halogens is 3. The van der Waals surface area contributed by atoms with Crippen molar-refractivity contribution in [1.29, 1.82) is 0 Å². The van der Waals surface area contributed by atoms with Gasteiger partial charge in [-0.25, -0.2) is 0 Å². The van der Waals surface area contributed by atoms with Gasteiger partial charge in [0, 0.05) is 6.42 Å². The largest absolute Gasteiger partial charge is 0.408 e. The van der Waals surface area contributed by atoms with Gasteiger partial charge in [0.1, 0.15) is 6.54 Å². The number of carbonyl (C=O) groups is 1. The Kier molecular flexibility index (Phi) is 3.56. The molecule has 0 saturated heterocycles. The predicted molar refractivity (Wildman–Crippen MR) is 63.7 cm³/mol. The second kappa shape index (κ2) is 4.86. The quantitative estimate of drug-likeness (QED) is 0.918. The molecule has 2 rings (SSSR count). The Bertz CT molecular complexity index is 489. The van der Waals surface area contributed by atoms with Crippen LogP contribution in [0.5, 0.6) is 0 Å². The summed E-state index contributed by atoms with van der Waals surface area (Å²) in [6.45, 7) is 1.98. The normalized spacial score (nSPS) is 15.6. The monoisotopic (exact) mass is 275 g/mol. The molecule has 1 aromatic rings. The SMILES string of the molecule is Cc1nn(CC(F)(F)F)c(C)c1NC(=O)CC1CC1. The summed E-state index contributed by atoms with van der Waals surface area (Å²) in [5, 5.41) is 6.49. The number of nitrogens with zero attached hydrogens (tertiary/aromatic N) is 2. The number of hydrogen-bond acceptors (Lipinski definition) is 2. The molecule has 0 radical (unpaired) electrons. The van der Waals surface area contributed by atoms with E-state index in [4.69, 9.17) is 0 Å². The van der Waals surface area contributed by atoms with Gasteiger partial charge < -0.3 is 5.32 Å². The summed E-state index contributed by atoms with van der Waals surface area (Å²) in [4.78, 5) is 11.7. The van der Waals surface area contributed by atoms with Crippen LogP contribution < -0.4 is 5.32 Å². The van der Waals surface area contributed by atoms with Gasteiger partial charge in [0.25, 0.3) is 0 Å². The van der Waals surface area contributed by atoms with E-state index in [0.29, 0.717) is 29.4 Å². The summed E-state index contributed by atoms with van der Waals surface area (Å²) >= 11 is 0. The summed E-state index contributed by atoms with van der Waals surface area (Å²) in [5.74, 6) is 0.283. The van der Waals surface area contributed by atoms with E-state index in [1.54, 1.807) is 6.92 Å². The molecule has 0 unspecified atom stereocenters. The molecule has 19 heavy (non-hydrogen) atoms. The van der Waals surface area contributed by atoms with E-state index in [0.717, 1.165) is 17.5 Å². The molecule has 1 fully saturated rings. The van der Waals surface area contributed by atoms with Crippen molar-refractivity contribution in [2.75, 3.05) is 5.32 Å². The Morgan fingerprint density at radius 1 is 1.42 bits per heavy atom. The van der Waals surface area contributed by atoms with E-state index in [2.05, 4.69) is 10.4 Å². The molecule has 1 aliphatic rings.